The number of nitrogens with zero attached hydrogens (tertiary/aromatic N) is 2. The van der Waals surface area contributed by atoms with E-state index in [9.17, 15) is 14.4 Å². The maximum Gasteiger partial charge on any atom is 0.410 e. The van der Waals surface area contributed by atoms with Crippen molar-refractivity contribution in [1.29, 1.82) is 0 Å². The lowest BCUT2D eigenvalue weighted by Crippen LogP contribution is -2.68. The van der Waals surface area contributed by atoms with Gasteiger partial charge in [-0.05, 0) is 39.0 Å². The number of rotatable bonds is 4. The minimum Gasteiger partial charge on any atom is -0.482 e. The number of nitrogens with one attached hydrogen (secondary N) is 2. The number of hydrogen-bond donors (Lipinski definition) is 2. The van der Waals surface area contributed by atoms with Gasteiger partial charge in [-0.3, -0.25) is 9.59 Å². The first kappa shape index (κ1) is 23.1. The Bertz CT molecular complexity index is 843. The molecule has 0 spiro atoms. The van der Waals surface area contributed by atoms with Crippen LogP contribution in [0.3, 0.4) is 0 Å². The summed E-state index contributed by atoms with van der Waals surface area (Å²) in [5, 5.41) is 6.55. The van der Waals surface area contributed by atoms with Gasteiger partial charge in [0.05, 0.1) is 5.69 Å². The fourth-order valence-corrected chi connectivity index (χ4v) is 3.87. The van der Waals surface area contributed by atoms with Gasteiger partial charge in [-0.25, -0.2) is 4.79 Å². The molecule has 10 heteroatoms. The van der Waals surface area contributed by atoms with Gasteiger partial charge in [0.25, 0.3) is 5.91 Å². The predicted molar refractivity (Wildman–Crippen MR) is 116 cm³/mol. The van der Waals surface area contributed by atoms with Crippen molar-refractivity contribution in [2.45, 2.75) is 45.4 Å². The van der Waals surface area contributed by atoms with E-state index in [0.29, 0.717) is 42.6 Å². The molecule has 2 bridgehead atoms. The van der Waals surface area contributed by atoms with Crippen molar-refractivity contribution < 1.29 is 23.9 Å². The van der Waals surface area contributed by atoms with Crippen molar-refractivity contribution in [2.75, 3.05) is 38.1 Å². The summed E-state index contributed by atoms with van der Waals surface area (Å²) in [7, 11) is 0. The molecule has 2 aliphatic rings. The summed E-state index contributed by atoms with van der Waals surface area (Å²) in [6.45, 7) is 8.62. The average molecular weight is 453 g/mol. The topological polar surface area (TPSA) is 100 Å². The van der Waals surface area contributed by atoms with Gasteiger partial charge in [-0.1, -0.05) is 11.6 Å². The summed E-state index contributed by atoms with van der Waals surface area (Å²) in [4.78, 5) is 40.0. The molecular formula is C21H29ClN4O5. The lowest BCUT2D eigenvalue weighted by Gasteiger charge is -2.46. The van der Waals surface area contributed by atoms with Crippen molar-refractivity contribution >= 4 is 35.2 Å². The Balaban J connectivity index is 1.56. The van der Waals surface area contributed by atoms with Crippen LogP contribution < -0.4 is 15.4 Å². The van der Waals surface area contributed by atoms with Gasteiger partial charge in [-0.15, -0.1) is 0 Å². The third-order valence-electron chi connectivity index (χ3n) is 4.84. The van der Waals surface area contributed by atoms with Crippen LogP contribution in [-0.2, 0) is 14.3 Å². The number of piperazine rings is 2. The number of carbonyl (C=O) groups is 3. The normalized spacial score (nSPS) is 20.8. The second-order valence-corrected chi connectivity index (χ2v) is 9.29. The first-order chi connectivity index (χ1) is 14.5. The van der Waals surface area contributed by atoms with Crippen LogP contribution in [0.2, 0.25) is 5.02 Å². The van der Waals surface area contributed by atoms with Crippen LogP contribution in [0, 0.1) is 0 Å². The van der Waals surface area contributed by atoms with Crippen molar-refractivity contribution in [3.05, 3.63) is 23.2 Å². The Hall–Kier alpha value is -2.52. The standard InChI is InChI=1S/C21H29ClN4O5/c1-13(27)23-17-7-14(22)5-6-18(17)30-12-19(28)25-8-15-10-26(11-16(9-25)24-15)20(29)31-21(2,3)4/h5-7,15-16,24H,8-12H2,1-4H3,(H,23,27). The Morgan fingerprint density at radius 2 is 1.74 bits per heavy atom. The number of fused-ring (bicyclic) bond motifs is 2. The zero-order valence-corrected chi connectivity index (χ0v) is 19.0. The molecule has 0 aliphatic carbocycles. The van der Waals surface area contributed by atoms with Gasteiger partial charge < -0.3 is 29.9 Å². The Morgan fingerprint density at radius 1 is 1.13 bits per heavy atom. The molecule has 3 rings (SSSR count). The third-order valence-corrected chi connectivity index (χ3v) is 5.08. The molecule has 2 N–H and O–H groups in total. The van der Waals surface area contributed by atoms with E-state index >= 15 is 0 Å². The molecule has 31 heavy (non-hydrogen) atoms. The van der Waals surface area contributed by atoms with Gasteiger partial charge in [0.2, 0.25) is 5.91 Å². The highest BCUT2D eigenvalue weighted by Gasteiger charge is 2.38. The number of anilines is 1. The largest absolute Gasteiger partial charge is 0.482 e. The van der Waals surface area contributed by atoms with Crippen LogP contribution in [0.5, 0.6) is 5.75 Å². The van der Waals surface area contributed by atoms with Crippen LogP contribution >= 0.6 is 11.6 Å². The molecule has 1 aromatic rings. The zero-order valence-electron chi connectivity index (χ0n) is 18.2. The summed E-state index contributed by atoms with van der Waals surface area (Å²) < 4.78 is 11.1. The number of carbonyl (C=O) groups excluding carboxylic acids is 3. The molecule has 1 aromatic carbocycles. The molecule has 2 heterocycles. The molecule has 0 radical (unpaired) electrons. The van der Waals surface area contributed by atoms with E-state index in [1.165, 1.54) is 6.92 Å². The van der Waals surface area contributed by atoms with E-state index < -0.39 is 5.60 Å². The minimum absolute atomic E-state index is 0.0329. The van der Waals surface area contributed by atoms with Gasteiger partial charge in [-0.2, -0.15) is 0 Å². The first-order valence-corrected chi connectivity index (χ1v) is 10.6. The van der Waals surface area contributed by atoms with Crippen LogP contribution in [0.15, 0.2) is 18.2 Å². The SMILES string of the molecule is CC(=O)Nc1cc(Cl)ccc1OCC(=O)N1CC2CN(C(=O)OC(C)(C)C)CC(C1)N2. The maximum absolute atomic E-state index is 12.8. The summed E-state index contributed by atoms with van der Waals surface area (Å²) >= 11 is 5.98. The Labute approximate surface area is 187 Å². The lowest BCUT2D eigenvalue weighted by atomic mass is 10.0. The van der Waals surface area contributed by atoms with Crippen LogP contribution in [0.25, 0.3) is 0 Å². The van der Waals surface area contributed by atoms with Crippen LogP contribution in [-0.4, -0.2) is 78.2 Å². The van der Waals surface area contributed by atoms with Crippen molar-refractivity contribution in [3.8, 4) is 5.75 Å². The second kappa shape index (κ2) is 9.32. The summed E-state index contributed by atoms with van der Waals surface area (Å²) in [5.74, 6) is -0.0479. The summed E-state index contributed by atoms with van der Waals surface area (Å²) in [6.07, 6.45) is -0.333. The molecule has 0 aromatic heterocycles. The van der Waals surface area contributed by atoms with E-state index in [-0.39, 0.29) is 36.6 Å². The van der Waals surface area contributed by atoms with Crippen LogP contribution in [0.4, 0.5) is 10.5 Å². The molecule has 2 unspecified atom stereocenters. The van der Waals surface area contributed by atoms with Gasteiger partial charge >= 0.3 is 6.09 Å². The quantitative estimate of drug-likeness (QED) is 0.725. The predicted octanol–water partition coefficient (Wildman–Crippen LogP) is 2.10. The number of amides is 3. The highest BCUT2D eigenvalue weighted by Crippen LogP contribution is 2.28. The molecule has 2 aliphatic heterocycles. The average Bonchev–Trinajstić information content (AvgIpc) is 2.64. The number of hydrogen-bond acceptors (Lipinski definition) is 6. The Morgan fingerprint density at radius 3 is 2.32 bits per heavy atom. The number of halogens is 1. The van der Waals surface area contributed by atoms with E-state index in [1.54, 1.807) is 28.0 Å². The summed E-state index contributed by atoms with van der Waals surface area (Å²) in [6, 6.07) is 4.76. The Kier molecular flexibility index (Phi) is 6.96. The molecule has 2 atom stereocenters. The van der Waals surface area contributed by atoms with E-state index in [4.69, 9.17) is 21.1 Å². The zero-order chi connectivity index (χ0) is 22.8. The second-order valence-electron chi connectivity index (χ2n) is 8.85. The van der Waals surface area contributed by atoms with Crippen molar-refractivity contribution in [2.24, 2.45) is 0 Å². The molecule has 9 nitrogen and oxygen atoms in total. The molecule has 170 valence electrons. The first-order valence-electron chi connectivity index (χ1n) is 10.2. The fourth-order valence-electron chi connectivity index (χ4n) is 3.70. The molecule has 2 saturated heterocycles. The van der Waals surface area contributed by atoms with E-state index in [1.807, 2.05) is 20.8 Å². The molecular weight excluding hydrogens is 424 g/mol. The van der Waals surface area contributed by atoms with Gasteiger partial charge in [0.15, 0.2) is 6.61 Å². The molecule has 0 saturated carbocycles. The van der Waals surface area contributed by atoms with Crippen molar-refractivity contribution in [3.63, 3.8) is 0 Å². The monoisotopic (exact) mass is 452 g/mol. The van der Waals surface area contributed by atoms with E-state index in [2.05, 4.69) is 10.6 Å². The van der Waals surface area contributed by atoms with Gasteiger partial charge in [0.1, 0.15) is 11.4 Å². The van der Waals surface area contributed by atoms with Crippen molar-refractivity contribution in [1.82, 2.24) is 15.1 Å². The minimum atomic E-state index is -0.547. The number of ether oxygens (including phenoxy) is 2. The maximum atomic E-state index is 12.8. The lowest BCUT2D eigenvalue weighted by molar-refractivity contribution is -0.136. The highest BCUT2D eigenvalue weighted by molar-refractivity contribution is 6.31. The summed E-state index contributed by atoms with van der Waals surface area (Å²) in [5.41, 5.74) is -0.133. The third kappa shape index (κ3) is 6.48. The molecule has 2 fully saturated rings. The van der Waals surface area contributed by atoms with E-state index in [0.717, 1.165) is 0 Å². The van der Waals surface area contributed by atoms with Gasteiger partial charge in [0, 0.05) is 50.2 Å². The highest BCUT2D eigenvalue weighted by atomic mass is 35.5. The van der Waals surface area contributed by atoms with Crippen LogP contribution in [0.1, 0.15) is 27.7 Å². The fraction of sp³-hybridized carbons (Fsp3) is 0.571. The number of benzene rings is 1. The molecule has 3 amide bonds. The smallest absolute Gasteiger partial charge is 0.410 e.